The number of aromatic carboxylic acids is 1. The van der Waals surface area contributed by atoms with Crippen molar-refractivity contribution in [2.75, 3.05) is 0 Å². The Hall–Kier alpha value is -4.81. The smallest absolute Gasteiger partial charge is 0.342 e. The van der Waals surface area contributed by atoms with Gasteiger partial charge in [0.2, 0.25) is 5.75 Å². The highest BCUT2D eigenvalue weighted by atomic mass is 19.1. The fourth-order valence-electron chi connectivity index (χ4n) is 3.35. The summed E-state index contributed by atoms with van der Waals surface area (Å²) in [5.41, 5.74) is -0.426. The zero-order valence-electron chi connectivity index (χ0n) is 17.4. The minimum absolute atomic E-state index is 0.0279. The number of fused-ring (bicyclic) bond motifs is 1. The second kappa shape index (κ2) is 9.21. The summed E-state index contributed by atoms with van der Waals surface area (Å²) < 4.78 is 31.3. The molecule has 0 aromatic heterocycles. The van der Waals surface area contributed by atoms with Crippen LogP contribution in [0.2, 0.25) is 0 Å². The monoisotopic (exact) mass is 496 g/mol. The molecule has 1 aliphatic heterocycles. The quantitative estimate of drug-likeness (QED) is 0.235. The Bertz CT molecular complexity index is 1270. The van der Waals surface area contributed by atoms with Crippen molar-refractivity contribution >= 4 is 5.97 Å². The van der Waals surface area contributed by atoms with Crippen LogP contribution in [-0.4, -0.2) is 51.9 Å². The van der Waals surface area contributed by atoms with E-state index >= 15 is 0 Å². The number of hydrogen-bond donors (Lipinski definition) is 9. The zero-order valence-corrected chi connectivity index (χ0v) is 17.4. The highest BCUT2D eigenvalue weighted by Crippen LogP contribution is 2.44. The summed E-state index contributed by atoms with van der Waals surface area (Å²) in [7, 11) is 0. The summed E-state index contributed by atoms with van der Waals surface area (Å²) in [6.45, 7) is 0. The molecule has 0 aliphatic carbocycles. The van der Waals surface area contributed by atoms with Crippen LogP contribution < -0.4 is 4.74 Å². The van der Waals surface area contributed by atoms with Crippen LogP contribution in [0.3, 0.4) is 0 Å². The number of carbonyl (C=O) groups is 1. The standard InChI is InChI=1S/C15H14O6.C7H4F2O5/c16-8-5-10(17)9-1-2-13(21-14(9)6-8)7-3-11(18)15(20)12(19)4-7;8-2-1(7(13)14)3(9)5(11)6(12)4(2)10/h3-6,13,16-20H,1-2H2;10-12H,(H,13,14). The predicted octanol–water partition coefficient (Wildman–Crippen LogP) is 3.06. The van der Waals surface area contributed by atoms with Gasteiger partial charge in [-0.3, -0.25) is 0 Å². The fourth-order valence-corrected chi connectivity index (χ4v) is 3.35. The van der Waals surface area contributed by atoms with Crippen LogP contribution >= 0.6 is 0 Å². The topological polar surface area (TPSA) is 208 Å². The van der Waals surface area contributed by atoms with Gasteiger partial charge < -0.3 is 50.7 Å². The zero-order chi connectivity index (χ0) is 26.2. The van der Waals surface area contributed by atoms with Gasteiger partial charge in [0.1, 0.15) is 28.9 Å². The van der Waals surface area contributed by atoms with Crippen molar-refractivity contribution in [3.63, 3.8) is 0 Å². The van der Waals surface area contributed by atoms with Crippen LogP contribution in [0.1, 0.15) is 34.0 Å². The first-order valence-electron chi connectivity index (χ1n) is 9.64. The Morgan fingerprint density at radius 3 is 1.83 bits per heavy atom. The maximum atomic E-state index is 12.8. The molecule has 1 atom stereocenters. The number of aromatic hydroxyl groups is 8. The second-order valence-corrected chi connectivity index (χ2v) is 7.35. The average Bonchev–Trinajstić information content (AvgIpc) is 2.79. The molecule has 1 aliphatic rings. The van der Waals surface area contributed by atoms with Crippen LogP contribution in [0.15, 0.2) is 24.3 Å². The van der Waals surface area contributed by atoms with Crippen LogP contribution in [0.4, 0.5) is 8.78 Å². The van der Waals surface area contributed by atoms with Crippen molar-refractivity contribution < 1.29 is 64.3 Å². The minimum atomic E-state index is -2.01. The van der Waals surface area contributed by atoms with Crippen LogP contribution in [-0.2, 0) is 6.42 Å². The van der Waals surface area contributed by atoms with E-state index < -0.39 is 63.8 Å². The first-order chi connectivity index (χ1) is 16.3. The van der Waals surface area contributed by atoms with Gasteiger partial charge in [0, 0.05) is 17.7 Å². The lowest BCUT2D eigenvalue weighted by Crippen LogP contribution is -2.15. The molecular formula is C22H18F2O11. The van der Waals surface area contributed by atoms with Gasteiger partial charge in [-0.25, -0.2) is 13.6 Å². The SMILES string of the molecule is O=C(O)c1c(F)c(O)c(O)c(O)c1F.Oc1cc(O)c2c(c1)OC(c1cc(O)c(O)c(O)c1)CC2. The summed E-state index contributed by atoms with van der Waals surface area (Å²) in [6.07, 6.45) is 0.583. The molecule has 0 amide bonds. The van der Waals surface area contributed by atoms with Gasteiger partial charge in [0.15, 0.2) is 40.4 Å². The lowest BCUT2D eigenvalue weighted by Gasteiger charge is -2.27. The van der Waals surface area contributed by atoms with Gasteiger partial charge in [-0.05, 0) is 30.5 Å². The van der Waals surface area contributed by atoms with Gasteiger partial charge in [0.05, 0.1) is 0 Å². The molecule has 13 heteroatoms. The second-order valence-electron chi connectivity index (χ2n) is 7.35. The molecule has 11 nitrogen and oxygen atoms in total. The van der Waals surface area contributed by atoms with E-state index in [0.29, 0.717) is 29.7 Å². The molecule has 0 radical (unpaired) electrons. The molecule has 1 unspecified atom stereocenters. The molecule has 0 fully saturated rings. The van der Waals surface area contributed by atoms with E-state index in [2.05, 4.69) is 0 Å². The van der Waals surface area contributed by atoms with E-state index in [9.17, 15) is 39.1 Å². The molecule has 3 aromatic rings. The average molecular weight is 496 g/mol. The van der Waals surface area contributed by atoms with E-state index in [0.717, 1.165) is 0 Å². The van der Waals surface area contributed by atoms with Gasteiger partial charge in [-0.2, -0.15) is 0 Å². The molecule has 186 valence electrons. The van der Waals surface area contributed by atoms with Crippen molar-refractivity contribution in [3.8, 4) is 51.7 Å². The van der Waals surface area contributed by atoms with Gasteiger partial charge in [-0.15, -0.1) is 0 Å². The van der Waals surface area contributed by atoms with Crippen molar-refractivity contribution in [2.45, 2.75) is 18.9 Å². The molecule has 0 spiro atoms. The van der Waals surface area contributed by atoms with Crippen LogP contribution in [0.5, 0.6) is 51.7 Å². The van der Waals surface area contributed by atoms with E-state index in [1.165, 1.54) is 24.3 Å². The van der Waals surface area contributed by atoms with Gasteiger partial charge in [-0.1, -0.05) is 0 Å². The van der Waals surface area contributed by atoms with E-state index in [4.69, 9.17) is 25.2 Å². The molecule has 35 heavy (non-hydrogen) atoms. The maximum Gasteiger partial charge on any atom is 0.342 e. The summed E-state index contributed by atoms with van der Waals surface area (Å²) >= 11 is 0. The van der Waals surface area contributed by atoms with Gasteiger partial charge in [0.25, 0.3) is 0 Å². The maximum absolute atomic E-state index is 12.8. The Morgan fingerprint density at radius 2 is 1.31 bits per heavy atom. The van der Waals surface area contributed by atoms with E-state index in [-0.39, 0.29) is 11.5 Å². The normalized spacial score (nSPS) is 14.3. The third-order valence-electron chi connectivity index (χ3n) is 5.08. The fraction of sp³-hybridized carbons (Fsp3) is 0.136. The van der Waals surface area contributed by atoms with Crippen LogP contribution in [0.25, 0.3) is 0 Å². The summed E-state index contributed by atoms with van der Waals surface area (Å²) in [5.74, 6) is -11.4. The number of carboxylic acid groups (broad SMARTS) is 1. The van der Waals surface area contributed by atoms with E-state index in [1.54, 1.807) is 0 Å². The minimum Gasteiger partial charge on any atom is -0.508 e. The van der Waals surface area contributed by atoms with Crippen molar-refractivity contribution in [1.29, 1.82) is 0 Å². The Morgan fingerprint density at radius 1 is 0.771 bits per heavy atom. The molecule has 1 heterocycles. The Balaban J connectivity index is 0.000000214. The number of benzene rings is 3. The summed E-state index contributed by atoms with van der Waals surface area (Å²) in [4.78, 5) is 10.3. The third-order valence-corrected chi connectivity index (χ3v) is 5.08. The lowest BCUT2D eigenvalue weighted by atomic mass is 9.96. The molecule has 3 aromatic carbocycles. The molecule has 0 saturated heterocycles. The molecule has 0 bridgehead atoms. The highest BCUT2D eigenvalue weighted by molar-refractivity contribution is 5.90. The molecule has 0 saturated carbocycles. The van der Waals surface area contributed by atoms with Crippen molar-refractivity contribution in [1.82, 2.24) is 0 Å². The number of phenols is 8. The molecule has 9 N–H and O–H groups in total. The Kier molecular flexibility index (Phi) is 6.53. The number of carboxylic acids is 1. The number of rotatable bonds is 2. The van der Waals surface area contributed by atoms with Crippen molar-refractivity contribution in [2.24, 2.45) is 0 Å². The largest absolute Gasteiger partial charge is 0.508 e. The highest BCUT2D eigenvalue weighted by Gasteiger charge is 2.28. The van der Waals surface area contributed by atoms with Crippen molar-refractivity contribution in [3.05, 3.63) is 52.6 Å². The molecule has 4 rings (SSSR count). The number of halogens is 2. The summed E-state index contributed by atoms with van der Waals surface area (Å²) in [5, 5.41) is 82.2. The number of ether oxygens (including phenoxy) is 1. The van der Waals surface area contributed by atoms with E-state index in [1.807, 2.05) is 0 Å². The van der Waals surface area contributed by atoms with Crippen LogP contribution in [0, 0.1) is 11.6 Å². The lowest BCUT2D eigenvalue weighted by molar-refractivity contribution is 0.0683. The number of phenolic OH excluding ortho intramolecular Hbond substituents is 8. The first kappa shape index (κ1) is 24.8. The predicted molar refractivity (Wildman–Crippen MR) is 111 cm³/mol. The Labute approximate surface area is 194 Å². The number of hydrogen-bond acceptors (Lipinski definition) is 10. The first-order valence-corrected chi connectivity index (χ1v) is 9.64. The summed E-state index contributed by atoms with van der Waals surface area (Å²) in [6, 6.07) is 5.28. The third kappa shape index (κ3) is 4.64. The van der Waals surface area contributed by atoms with Gasteiger partial charge >= 0.3 is 5.97 Å². The molecular weight excluding hydrogens is 478 g/mol.